The lowest BCUT2D eigenvalue weighted by molar-refractivity contribution is -0.917. The maximum Gasteiger partial charge on any atom is 0.292 e. The van der Waals surface area contributed by atoms with Gasteiger partial charge in [-0.05, 0) is 43.8 Å². The lowest BCUT2D eigenvalue weighted by Gasteiger charge is -2.15. The van der Waals surface area contributed by atoms with E-state index in [4.69, 9.17) is 21.1 Å². The summed E-state index contributed by atoms with van der Waals surface area (Å²) in [6.07, 6.45) is 1.59. The van der Waals surface area contributed by atoms with Crippen molar-refractivity contribution in [1.82, 2.24) is 9.78 Å². The summed E-state index contributed by atoms with van der Waals surface area (Å²) in [5.41, 5.74) is 3.92. The van der Waals surface area contributed by atoms with Crippen molar-refractivity contribution >= 4 is 12.2 Å². The van der Waals surface area contributed by atoms with Gasteiger partial charge >= 0.3 is 0 Å². The number of hydrogen-bond acceptors (Lipinski definition) is 4. The molecule has 0 spiro atoms. The Morgan fingerprint density at radius 3 is 2.78 bits per heavy atom. The number of nitrogens with one attached hydrogen (secondary N) is 1. The number of benzene rings is 1. The third-order valence-electron chi connectivity index (χ3n) is 3.75. The van der Waals surface area contributed by atoms with Crippen molar-refractivity contribution in [2.24, 2.45) is 0 Å². The Labute approximate surface area is 140 Å². The van der Waals surface area contributed by atoms with Crippen LogP contribution in [0.4, 0.5) is 0 Å². The lowest BCUT2D eigenvalue weighted by atomic mass is 10.1. The fourth-order valence-corrected chi connectivity index (χ4v) is 2.77. The van der Waals surface area contributed by atoms with E-state index in [1.54, 1.807) is 23.1 Å². The standard InChI is InChI=1S/C17H19N3O2S/c1-12-6-7-14(13(2)9-12)10-19(3)11-20-17(23)22-16(18-20)15-5-4-8-21-15/h4-9H,10-11H2,1-3H3/p+1. The molecule has 0 aliphatic heterocycles. The van der Waals surface area contributed by atoms with E-state index in [1.807, 2.05) is 0 Å². The molecule has 2 aromatic heterocycles. The zero-order valence-electron chi connectivity index (χ0n) is 13.5. The van der Waals surface area contributed by atoms with Gasteiger partial charge in [-0.3, -0.25) is 0 Å². The van der Waals surface area contributed by atoms with Gasteiger partial charge in [0.2, 0.25) is 0 Å². The molecule has 0 fully saturated rings. The van der Waals surface area contributed by atoms with Gasteiger partial charge in [0.05, 0.1) is 13.3 Å². The molecule has 0 bridgehead atoms. The Morgan fingerprint density at radius 2 is 2.09 bits per heavy atom. The second-order valence-corrected chi connectivity index (χ2v) is 6.22. The first-order valence-electron chi connectivity index (χ1n) is 7.52. The molecule has 0 saturated heterocycles. The number of aryl methyl sites for hydroxylation is 2. The highest BCUT2D eigenvalue weighted by atomic mass is 32.1. The average Bonchev–Trinajstić information content (AvgIpc) is 3.13. The van der Waals surface area contributed by atoms with E-state index < -0.39 is 0 Å². The van der Waals surface area contributed by atoms with Crippen LogP contribution in [0.15, 0.2) is 45.4 Å². The second-order valence-electron chi connectivity index (χ2n) is 5.87. The minimum atomic E-state index is 0.358. The monoisotopic (exact) mass is 330 g/mol. The minimum Gasteiger partial charge on any atom is -0.459 e. The third kappa shape index (κ3) is 3.60. The Bertz CT molecular complexity index is 849. The first-order valence-corrected chi connectivity index (χ1v) is 7.93. The molecule has 6 heteroatoms. The molecule has 2 heterocycles. The second kappa shape index (κ2) is 6.52. The van der Waals surface area contributed by atoms with E-state index in [-0.39, 0.29) is 0 Å². The van der Waals surface area contributed by atoms with Gasteiger partial charge in [0.1, 0.15) is 6.54 Å². The largest absolute Gasteiger partial charge is 0.459 e. The molecule has 0 radical (unpaired) electrons. The summed E-state index contributed by atoms with van der Waals surface area (Å²) < 4.78 is 12.5. The molecular weight excluding hydrogens is 310 g/mol. The van der Waals surface area contributed by atoms with Crippen LogP contribution in [0.2, 0.25) is 0 Å². The fraction of sp³-hybridized carbons (Fsp3) is 0.294. The Hall–Kier alpha value is -2.18. The molecule has 120 valence electrons. The van der Waals surface area contributed by atoms with E-state index in [0.29, 0.717) is 23.2 Å². The zero-order valence-corrected chi connectivity index (χ0v) is 14.3. The lowest BCUT2D eigenvalue weighted by Crippen LogP contribution is -3.07. The van der Waals surface area contributed by atoms with Crippen molar-refractivity contribution < 1.29 is 13.7 Å². The van der Waals surface area contributed by atoms with Crippen LogP contribution in [0.3, 0.4) is 0 Å². The summed E-state index contributed by atoms with van der Waals surface area (Å²) in [6.45, 7) is 5.79. The van der Waals surface area contributed by atoms with Gasteiger partial charge in [0.15, 0.2) is 12.4 Å². The van der Waals surface area contributed by atoms with Crippen LogP contribution in [0, 0.1) is 18.7 Å². The summed E-state index contributed by atoms with van der Waals surface area (Å²) in [6, 6.07) is 10.1. The molecule has 0 amide bonds. The maximum atomic E-state index is 5.51. The molecule has 0 saturated carbocycles. The molecule has 1 atom stereocenters. The first kappa shape index (κ1) is 15.7. The van der Waals surface area contributed by atoms with Crippen LogP contribution in [-0.2, 0) is 13.2 Å². The number of quaternary nitrogens is 1. The molecule has 0 aliphatic rings. The SMILES string of the molecule is Cc1ccc(C[NH+](C)Cn2nc(-c3ccco3)oc2=S)c(C)c1. The molecule has 1 N–H and O–H groups in total. The predicted molar refractivity (Wildman–Crippen MR) is 89.5 cm³/mol. The van der Waals surface area contributed by atoms with Gasteiger partial charge in [-0.25, -0.2) is 0 Å². The van der Waals surface area contributed by atoms with Crippen molar-refractivity contribution in [3.05, 3.63) is 58.1 Å². The Balaban J connectivity index is 1.73. The maximum absolute atomic E-state index is 5.51. The Morgan fingerprint density at radius 1 is 1.26 bits per heavy atom. The van der Waals surface area contributed by atoms with Crippen LogP contribution in [0.1, 0.15) is 16.7 Å². The highest BCUT2D eigenvalue weighted by Crippen LogP contribution is 2.17. The molecule has 1 unspecified atom stereocenters. The summed E-state index contributed by atoms with van der Waals surface area (Å²) in [5, 5.41) is 4.40. The molecule has 23 heavy (non-hydrogen) atoms. The molecule has 1 aromatic carbocycles. The van der Waals surface area contributed by atoms with Gasteiger partial charge in [0.25, 0.3) is 10.7 Å². The predicted octanol–water partition coefficient (Wildman–Crippen LogP) is 2.75. The van der Waals surface area contributed by atoms with Crippen molar-refractivity contribution in [3.8, 4) is 11.7 Å². The molecule has 3 rings (SSSR count). The average molecular weight is 330 g/mol. The topological polar surface area (TPSA) is 48.5 Å². The van der Waals surface area contributed by atoms with E-state index in [2.05, 4.69) is 44.2 Å². The van der Waals surface area contributed by atoms with E-state index >= 15 is 0 Å². The van der Waals surface area contributed by atoms with Gasteiger partial charge in [-0.15, -0.1) is 5.10 Å². The normalized spacial score (nSPS) is 12.5. The molecule has 0 aliphatic carbocycles. The van der Waals surface area contributed by atoms with Gasteiger partial charge in [-0.2, -0.15) is 4.68 Å². The Kier molecular flexibility index (Phi) is 4.45. The molecule has 5 nitrogen and oxygen atoms in total. The fourth-order valence-electron chi connectivity index (χ4n) is 2.59. The quantitative estimate of drug-likeness (QED) is 0.731. The van der Waals surface area contributed by atoms with Crippen LogP contribution < -0.4 is 4.90 Å². The smallest absolute Gasteiger partial charge is 0.292 e. The van der Waals surface area contributed by atoms with Crippen LogP contribution in [0.5, 0.6) is 0 Å². The highest BCUT2D eigenvalue weighted by molar-refractivity contribution is 7.71. The minimum absolute atomic E-state index is 0.358. The number of aromatic nitrogens is 2. The van der Waals surface area contributed by atoms with Crippen molar-refractivity contribution in [2.45, 2.75) is 27.1 Å². The van der Waals surface area contributed by atoms with Gasteiger partial charge in [0, 0.05) is 5.56 Å². The van der Waals surface area contributed by atoms with E-state index in [0.717, 1.165) is 6.54 Å². The van der Waals surface area contributed by atoms with Crippen LogP contribution in [-0.4, -0.2) is 16.8 Å². The van der Waals surface area contributed by atoms with Crippen molar-refractivity contribution in [2.75, 3.05) is 7.05 Å². The van der Waals surface area contributed by atoms with Crippen molar-refractivity contribution in [3.63, 3.8) is 0 Å². The van der Waals surface area contributed by atoms with E-state index in [9.17, 15) is 0 Å². The number of nitrogens with zero attached hydrogens (tertiary/aromatic N) is 2. The van der Waals surface area contributed by atoms with Gasteiger partial charge in [-0.1, -0.05) is 23.8 Å². The number of furan rings is 1. The molecule has 3 aromatic rings. The number of hydrogen-bond donors (Lipinski definition) is 1. The van der Waals surface area contributed by atoms with Crippen LogP contribution >= 0.6 is 12.2 Å². The summed E-state index contributed by atoms with van der Waals surface area (Å²) in [5.74, 6) is 1.00. The van der Waals surface area contributed by atoms with Gasteiger partial charge < -0.3 is 13.7 Å². The summed E-state index contributed by atoms with van der Waals surface area (Å²) in [4.78, 5) is 1.63. The van der Waals surface area contributed by atoms with Crippen LogP contribution in [0.25, 0.3) is 11.7 Å². The summed E-state index contributed by atoms with van der Waals surface area (Å²) in [7, 11) is 2.11. The summed E-state index contributed by atoms with van der Waals surface area (Å²) >= 11 is 5.25. The van der Waals surface area contributed by atoms with E-state index in [1.165, 1.54) is 21.6 Å². The van der Waals surface area contributed by atoms with Crippen molar-refractivity contribution in [1.29, 1.82) is 0 Å². The highest BCUT2D eigenvalue weighted by Gasteiger charge is 2.14. The third-order valence-corrected chi connectivity index (χ3v) is 4.04. The molecular formula is C17H20N3O2S+. The zero-order chi connectivity index (χ0) is 16.4. The number of rotatable bonds is 5. The first-order chi connectivity index (χ1) is 11.0.